The van der Waals surface area contributed by atoms with E-state index in [2.05, 4.69) is 34.7 Å². The molecule has 4 rings (SSSR count). The molecule has 24 heavy (non-hydrogen) atoms. The first-order valence-corrected chi connectivity index (χ1v) is 8.38. The Labute approximate surface area is 141 Å². The van der Waals surface area contributed by atoms with Gasteiger partial charge in [0.05, 0.1) is 18.4 Å². The second kappa shape index (κ2) is 6.07. The summed E-state index contributed by atoms with van der Waals surface area (Å²) in [4.78, 5) is 14.2. The predicted molar refractivity (Wildman–Crippen MR) is 83.1 cm³/mol. The van der Waals surface area contributed by atoms with Crippen LogP contribution in [-0.2, 0) is 19.6 Å². The van der Waals surface area contributed by atoms with Crippen LogP contribution in [0.5, 0.6) is 0 Å². The highest BCUT2D eigenvalue weighted by atomic mass is 32.1. The summed E-state index contributed by atoms with van der Waals surface area (Å²) in [6, 6.07) is 0. The van der Waals surface area contributed by atoms with Crippen molar-refractivity contribution in [3.8, 4) is 0 Å². The molecular weight excluding hydrogens is 330 g/mol. The van der Waals surface area contributed by atoms with Crippen LogP contribution in [0.15, 0.2) is 11.6 Å². The molecule has 1 aliphatic heterocycles. The Morgan fingerprint density at radius 3 is 2.96 bits per heavy atom. The third-order valence-electron chi connectivity index (χ3n) is 4.01. The van der Waals surface area contributed by atoms with E-state index in [9.17, 15) is 4.79 Å². The number of rotatable bonds is 3. The number of aryl methyl sites for hydroxylation is 1. The molecule has 0 aromatic carbocycles. The van der Waals surface area contributed by atoms with Crippen molar-refractivity contribution < 1.29 is 4.79 Å². The Balaban J connectivity index is 1.56. The first kappa shape index (κ1) is 14.9. The molecular formula is C13H15N9OS. The minimum atomic E-state index is -0.117. The van der Waals surface area contributed by atoms with E-state index in [4.69, 9.17) is 0 Å². The average molecular weight is 345 g/mol. The van der Waals surface area contributed by atoms with Crippen LogP contribution in [0.1, 0.15) is 34.3 Å². The monoisotopic (exact) mass is 345 g/mol. The van der Waals surface area contributed by atoms with Crippen molar-refractivity contribution in [2.45, 2.75) is 33.0 Å². The summed E-state index contributed by atoms with van der Waals surface area (Å²) in [6.45, 7) is 4.30. The Morgan fingerprint density at radius 2 is 2.21 bits per heavy atom. The number of hydrogen-bond acceptors (Lipinski definition) is 8. The summed E-state index contributed by atoms with van der Waals surface area (Å²) in [5.74, 6) is 1.48. The fourth-order valence-electron chi connectivity index (χ4n) is 2.73. The maximum Gasteiger partial charge on any atom is 0.275 e. The van der Waals surface area contributed by atoms with Gasteiger partial charge in [0.2, 0.25) is 0 Å². The summed E-state index contributed by atoms with van der Waals surface area (Å²) in [5, 5.41) is 22.0. The number of hydrogen-bond donors (Lipinski definition) is 0. The Kier molecular flexibility index (Phi) is 3.76. The molecule has 0 saturated carbocycles. The Morgan fingerprint density at radius 1 is 1.29 bits per heavy atom. The number of aromatic nitrogens is 8. The van der Waals surface area contributed by atoms with Gasteiger partial charge >= 0.3 is 0 Å². The SMILES string of the molecule is Cc1cnnn1Cc1nnc2n1CCCN(C(=O)c1csnn1)C2. The van der Waals surface area contributed by atoms with Gasteiger partial charge in [0.1, 0.15) is 6.54 Å². The van der Waals surface area contributed by atoms with Crippen LogP contribution in [0.25, 0.3) is 0 Å². The first-order valence-electron chi connectivity index (χ1n) is 7.55. The van der Waals surface area contributed by atoms with Crippen LogP contribution in [0.2, 0.25) is 0 Å². The summed E-state index contributed by atoms with van der Waals surface area (Å²) in [6.07, 6.45) is 2.54. The largest absolute Gasteiger partial charge is 0.330 e. The number of nitrogens with zero attached hydrogens (tertiary/aromatic N) is 9. The topological polar surface area (TPSA) is 108 Å². The van der Waals surface area contributed by atoms with Gasteiger partial charge in [-0.1, -0.05) is 9.70 Å². The molecule has 4 heterocycles. The molecule has 10 nitrogen and oxygen atoms in total. The van der Waals surface area contributed by atoms with Gasteiger partial charge in [0.15, 0.2) is 17.3 Å². The molecule has 3 aromatic rings. The summed E-state index contributed by atoms with van der Waals surface area (Å²) in [7, 11) is 0. The predicted octanol–water partition coefficient (Wildman–Crippen LogP) is 0.124. The van der Waals surface area contributed by atoms with E-state index in [0.717, 1.165) is 30.3 Å². The van der Waals surface area contributed by atoms with Gasteiger partial charge in [-0.2, -0.15) is 0 Å². The number of amides is 1. The highest BCUT2D eigenvalue weighted by Gasteiger charge is 2.25. The Bertz CT molecular complexity index is 853. The number of fused-ring (bicyclic) bond motifs is 1. The molecule has 11 heteroatoms. The van der Waals surface area contributed by atoms with E-state index in [1.54, 1.807) is 21.2 Å². The van der Waals surface area contributed by atoms with Crippen LogP contribution in [0.3, 0.4) is 0 Å². The third kappa shape index (κ3) is 2.66. The molecule has 1 aliphatic rings. The molecule has 0 bridgehead atoms. The van der Waals surface area contributed by atoms with E-state index >= 15 is 0 Å². The highest BCUT2D eigenvalue weighted by Crippen LogP contribution is 2.16. The lowest BCUT2D eigenvalue weighted by Crippen LogP contribution is -2.31. The van der Waals surface area contributed by atoms with Gasteiger partial charge in [0, 0.05) is 18.5 Å². The van der Waals surface area contributed by atoms with Gasteiger partial charge in [-0.3, -0.25) is 4.79 Å². The van der Waals surface area contributed by atoms with Gasteiger partial charge in [0.25, 0.3) is 5.91 Å². The standard InChI is InChI=1S/C13H15N9OS/c1-9-5-14-18-22(9)7-12-17-16-11-6-20(3-2-4-21(11)12)13(23)10-8-24-19-15-10/h5,8H,2-4,6-7H2,1H3. The minimum absolute atomic E-state index is 0.117. The molecule has 0 aliphatic carbocycles. The van der Waals surface area contributed by atoms with Crippen LogP contribution in [-0.4, -0.2) is 56.7 Å². The molecule has 0 unspecified atom stereocenters. The zero-order chi connectivity index (χ0) is 16.5. The van der Waals surface area contributed by atoms with Crippen molar-refractivity contribution >= 4 is 17.4 Å². The van der Waals surface area contributed by atoms with E-state index in [0.29, 0.717) is 25.3 Å². The molecule has 0 atom stereocenters. The normalized spacial score (nSPS) is 14.5. The Hall–Kier alpha value is -2.69. The second-order valence-corrected chi connectivity index (χ2v) is 6.20. The van der Waals surface area contributed by atoms with Crippen molar-refractivity contribution in [2.75, 3.05) is 6.54 Å². The van der Waals surface area contributed by atoms with Crippen molar-refractivity contribution in [3.05, 3.63) is 34.6 Å². The van der Waals surface area contributed by atoms with E-state index in [-0.39, 0.29) is 5.91 Å². The van der Waals surface area contributed by atoms with E-state index in [1.807, 2.05) is 6.92 Å². The molecule has 3 aromatic heterocycles. The average Bonchev–Trinajstić information content (AvgIpc) is 3.29. The second-order valence-electron chi connectivity index (χ2n) is 5.59. The first-order chi connectivity index (χ1) is 11.7. The number of carbonyl (C=O) groups excluding carboxylic acids is 1. The maximum absolute atomic E-state index is 12.5. The smallest absolute Gasteiger partial charge is 0.275 e. The lowest BCUT2D eigenvalue weighted by Gasteiger charge is -2.17. The molecule has 0 fully saturated rings. The highest BCUT2D eigenvalue weighted by molar-refractivity contribution is 7.03. The fraction of sp³-hybridized carbons (Fsp3) is 0.462. The van der Waals surface area contributed by atoms with E-state index < -0.39 is 0 Å². The molecule has 124 valence electrons. The number of carbonyl (C=O) groups is 1. The summed E-state index contributed by atoms with van der Waals surface area (Å²) >= 11 is 1.17. The molecule has 0 spiro atoms. The zero-order valence-corrected chi connectivity index (χ0v) is 13.8. The van der Waals surface area contributed by atoms with Crippen molar-refractivity contribution in [1.29, 1.82) is 0 Å². The van der Waals surface area contributed by atoms with Gasteiger partial charge < -0.3 is 9.47 Å². The van der Waals surface area contributed by atoms with E-state index in [1.165, 1.54) is 11.5 Å². The van der Waals surface area contributed by atoms with Crippen LogP contribution >= 0.6 is 11.5 Å². The molecule has 0 saturated heterocycles. The summed E-state index contributed by atoms with van der Waals surface area (Å²) in [5.41, 5.74) is 1.35. The van der Waals surface area contributed by atoms with Crippen LogP contribution < -0.4 is 0 Å². The van der Waals surface area contributed by atoms with Gasteiger partial charge in [-0.25, -0.2) is 4.68 Å². The maximum atomic E-state index is 12.5. The van der Waals surface area contributed by atoms with Gasteiger partial charge in [-0.15, -0.1) is 20.4 Å². The van der Waals surface area contributed by atoms with Crippen molar-refractivity contribution in [3.63, 3.8) is 0 Å². The molecule has 1 amide bonds. The lowest BCUT2D eigenvalue weighted by atomic mass is 10.3. The van der Waals surface area contributed by atoms with Gasteiger partial charge in [-0.05, 0) is 24.9 Å². The van der Waals surface area contributed by atoms with Crippen molar-refractivity contribution in [2.24, 2.45) is 0 Å². The minimum Gasteiger partial charge on any atom is -0.330 e. The zero-order valence-electron chi connectivity index (χ0n) is 13.0. The quantitative estimate of drug-likeness (QED) is 0.663. The van der Waals surface area contributed by atoms with Crippen LogP contribution in [0.4, 0.5) is 0 Å². The third-order valence-corrected chi connectivity index (χ3v) is 4.52. The lowest BCUT2D eigenvalue weighted by molar-refractivity contribution is 0.0737. The van der Waals surface area contributed by atoms with Crippen molar-refractivity contribution in [1.82, 2.24) is 44.2 Å². The summed E-state index contributed by atoms with van der Waals surface area (Å²) < 4.78 is 7.60. The molecule has 0 N–H and O–H groups in total. The molecule has 0 radical (unpaired) electrons. The van der Waals surface area contributed by atoms with Crippen LogP contribution in [0, 0.1) is 6.92 Å². The fourth-order valence-corrected chi connectivity index (χ4v) is 3.16.